The van der Waals surface area contributed by atoms with Crippen molar-refractivity contribution in [1.29, 1.82) is 0 Å². The van der Waals surface area contributed by atoms with Gasteiger partial charge in [-0.3, -0.25) is 0 Å². The zero-order valence-electron chi connectivity index (χ0n) is 8.33. The first kappa shape index (κ1) is 10.9. The molecule has 0 fully saturated rings. The maximum absolute atomic E-state index is 3.30. The van der Waals surface area contributed by atoms with E-state index < -0.39 is 0 Å². The number of hydrogen-bond acceptors (Lipinski definition) is 2. The third-order valence-corrected chi connectivity index (χ3v) is 2.16. The van der Waals surface area contributed by atoms with Gasteiger partial charge in [0.2, 0.25) is 0 Å². The Morgan fingerprint density at radius 2 is 1.73 bits per heavy atom. The van der Waals surface area contributed by atoms with Crippen LogP contribution in [-0.4, -0.2) is 26.2 Å². The fraction of sp³-hybridized carbons (Fsp3) is 1.00. The number of unbranched alkanes of at least 4 members (excludes halogenated alkanes) is 1. The maximum atomic E-state index is 3.30. The Morgan fingerprint density at radius 3 is 2.18 bits per heavy atom. The van der Waals surface area contributed by atoms with E-state index in [1.54, 1.807) is 0 Å². The van der Waals surface area contributed by atoms with Crippen molar-refractivity contribution in [3.05, 3.63) is 0 Å². The van der Waals surface area contributed by atoms with Crippen LogP contribution in [0.15, 0.2) is 0 Å². The van der Waals surface area contributed by atoms with E-state index in [1.165, 1.54) is 19.3 Å². The molecular formula is C9H22N2. The van der Waals surface area contributed by atoms with Crippen molar-refractivity contribution in [2.45, 2.75) is 38.6 Å². The van der Waals surface area contributed by atoms with Crippen molar-refractivity contribution in [1.82, 2.24) is 10.6 Å². The average molecular weight is 158 g/mol. The minimum Gasteiger partial charge on any atom is -0.320 e. The first-order chi connectivity index (χ1) is 5.12. The maximum Gasteiger partial charge on any atom is 0.0122 e. The first-order valence-electron chi connectivity index (χ1n) is 4.46. The lowest BCUT2D eigenvalue weighted by Crippen LogP contribution is -2.35. The van der Waals surface area contributed by atoms with Gasteiger partial charge in [0, 0.05) is 5.54 Å². The largest absolute Gasteiger partial charge is 0.320 e. The fourth-order valence-corrected chi connectivity index (χ4v) is 0.994. The average Bonchev–Trinajstić information content (AvgIpc) is 1.99. The summed E-state index contributed by atoms with van der Waals surface area (Å²) in [5.74, 6) is 0. The monoisotopic (exact) mass is 158 g/mol. The highest BCUT2D eigenvalue weighted by atomic mass is 14.9. The molecule has 0 bridgehead atoms. The molecule has 0 aliphatic heterocycles. The van der Waals surface area contributed by atoms with Gasteiger partial charge in [0.1, 0.15) is 0 Å². The van der Waals surface area contributed by atoms with Gasteiger partial charge in [0.05, 0.1) is 0 Å². The van der Waals surface area contributed by atoms with Crippen molar-refractivity contribution in [2.24, 2.45) is 0 Å². The predicted molar refractivity (Wildman–Crippen MR) is 50.9 cm³/mol. The Balaban J connectivity index is 3.23. The Labute approximate surface area is 70.8 Å². The van der Waals surface area contributed by atoms with E-state index in [0.29, 0.717) is 5.54 Å². The van der Waals surface area contributed by atoms with Crippen molar-refractivity contribution in [3.8, 4) is 0 Å². The normalized spacial score (nSPS) is 12.0. The Kier molecular flexibility index (Phi) is 5.51. The SMILES string of the molecule is CNCCCCC(C)(C)NC. The summed E-state index contributed by atoms with van der Waals surface area (Å²) in [4.78, 5) is 0. The van der Waals surface area contributed by atoms with Crippen LogP contribution in [0.3, 0.4) is 0 Å². The fourth-order valence-electron chi connectivity index (χ4n) is 0.994. The number of rotatable bonds is 6. The molecule has 0 heterocycles. The van der Waals surface area contributed by atoms with E-state index in [9.17, 15) is 0 Å². The molecule has 0 spiro atoms. The van der Waals surface area contributed by atoms with E-state index in [1.807, 2.05) is 14.1 Å². The van der Waals surface area contributed by atoms with Crippen LogP contribution in [0.2, 0.25) is 0 Å². The van der Waals surface area contributed by atoms with Gasteiger partial charge in [-0.15, -0.1) is 0 Å². The van der Waals surface area contributed by atoms with Gasteiger partial charge in [0.25, 0.3) is 0 Å². The van der Waals surface area contributed by atoms with Gasteiger partial charge in [-0.2, -0.15) is 0 Å². The van der Waals surface area contributed by atoms with Crippen LogP contribution in [0.25, 0.3) is 0 Å². The van der Waals surface area contributed by atoms with Crippen molar-refractivity contribution in [3.63, 3.8) is 0 Å². The van der Waals surface area contributed by atoms with E-state index in [2.05, 4.69) is 24.5 Å². The zero-order valence-corrected chi connectivity index (χ0v) is 8.33. The third-order valence-electron chi connectivity index (χ3n) is 2.16. The molecule has 0 saturated carbocycles. The number of nitrogens with one attached hydrogen (secondary N) is 2. The second-order valence-electron chi connectivity index (χ2n) is 3.69. The minimum absolute atomic E-state index is 0.313. The lowest BCUT2D eigenvalue weighted by Gasteiger charge is -2.23. The van der Waals surface area contributed by atoms with Crippen LogP contribution in [-0.2, 0) is 0 Å². The van der Waals surface area contributed by atoms with E-state index in [0.717, 1.165) is 6.54 Å². The van der Waals surface area contributed by atoms with Gasteiger partial charge in [-0.05, 0) is 47.3 Å². The summed E-state index contributed by atoms with van der Waals surface area (Å²) in [5, 5.41) is 6.45. The minimum atomic E-state index is 0.313. The summed E-state index contributed by atoms with van der Waals surface area (Å²) in [6.45, 7) is 5.62. The molecule has 0 atom stereocenters. The molecule has 2 nitrogen and oxygen atoms in total. The summed E-state index contributed by atoms with van der Waals surface area (Å²) >= 11 is 0. The molecule has 0 unspecified atom stereocenters. The molecule has 0 aromatic rings. The quantitative estimate of drug-likeness (QED) is 0.571. The van der Waals surface area contributed by atoms with E-state index >= 15 is 0 Å². The number of hydrogen-bond donors (Lipinski definition) is 2. The third kappa shape index (κ3) is 6.32. The van der Waals surface area contributed by atoms with Crippen LogP contribution in [0.5, 0.6) is 0 Å². The highest BCUT2D eigenvalue weighted by Crippen LogP contribution is 2.11. The van der Waals surface area contributed by atoms with Gasteiger partial charge in [0.15, 0.2) is 0 Å². The topological polar surface area (TPSA) is 24.1 Å². The molecule has 0 rings (SSSR count). The van der Waals surface area contributed by atoms with Crippen LogP contribution >= 0.6 is 0 Å². The molecule has 68 valence electrons. The second kappa shape index (κ2) is 5.56. The molecule has 0 aromatic heterocycles. The molecule has 0 saturated heterocycles. The molecular weight excluding hydrogens is 136 g/mol. The molecule has 2 N–H and O–H groups in total. The summed E-state index contributed by atoms with van der Waals surface area (Å²) in [5.41, 5.74) is 0.313. The molecule has 2 heteroatoms. The van der Waals surface area contributed by atoms with Gasteiger partial charge in [-0.25, -0.2) is 0 Å². The smallest absolute Gasteiger partial charge is 0.0122 e. The lowest BCUT2D eigenvalue weighted by atomic mass is 9.98. The van der Waals surface area contributed by atoms with E-state index in [-0.39, 0.29) is 0 Å². The molecule has 0 radical (unpaired) electrons. The Hall–Kier alpha value is -0.0800. The summed E-state index contributed by atoms with van der Waals surface area (Å²) in [7, 11) is 4.03. The molecule has 0 aromatic carbocycles. The second-order valence-corrected chi connectivity index (χ2v) is 3.69. The van der Waals surface area contributed by atoms with Gasteiger partial charge < -0.3 is 10.6 Å². The highest BCUT2D eigenvalue weighted by Gasteiger charge is 2.12. The lowest BCUT2D eigenvalue weighted by molar-refractivity contribution is 0.376. The van der Waals surface area contributed by atoms with Crippen molar-refractivity contribution in [2.75, 3.05) is 20.6 Å². The van der Waals surface area contributed by atoms with Crippen LogP contribution in [0.1, 0.15) is 33.1 Å². The van der Waals surface area contributed by atoms with E-state index in [4.69, 9.17) is 0 Å². The molecule has 0 aliphatic carbocycles. The van der Waals surface area contributed by atoms with Crippen LogP contribution in [0, 0.1) is 0 Å². The Morgan fingerprint density at radius 1 is 1.09 bits per heavy atom. The molecule has 11 heavy (non-hydrogen) atoms. The first-order valence-corrected chi connectivity index (χ1v) is 4.46. The standard InChI is InChI=1S/C9H22N2/c1-9(2,11-4)7-5-6-8-10-3/h10-11H,5-8H2,1-4H3. The summed E-state index contributed by atoms with van der Waals surface area (Å²) < 4.78 is 0. The highest BCUT2D eigenvalue weighted by molar-refractivity contribution is 4.74. The molecule has 0 amide bonds. The van der Waals surface area contributed by atoms with Crippen molar-refractivity contribution < 1.29 is 0 Å². The van der Waals surface area contributed by atoms with Crippen molar-refractivity contribution >= 4 is 0 Å². The summed E-state index contributed by atoms with van der Waals surface area (Å²) in [6, 6.07) is 0. The van der Waals surface area contributed by atoms with Gasteiger partial charge >= 0.3 is 0 Å². The van der Waals surface area contributed by atoms with Gasteiger partial charge in [-0.1, -0.05) is 6.42 Å². The Bertz CT molecular complexity index is 89.6. The predicted octanol–water partition coefficient (Wildman–Crippen LogP) is 1.37. The zero-order chi connectivity index (χ0) is 8.74. The summed E-state index contributed by atoms with van der Waals surface area (Å²) in [6.07, 6.45) is 3.83. The van der Waals surface area contributed by atoms with Crippen LogP contribution in [0.4, 0.5) is 0 Å². The van der Waals surface area contributed by atoms with Crippen LogP contribution < -0.4 is 10.6 Å². The molecule has 0 aliphatic rings.